The maximum absolute atomic E-state index is 11.6. The molecule has 0 fully saturated rings. The van der Waals surface area contributed by atoms with Crippen molar-refractivity contribution in [3.8, 4) is 11.5 Å². The van der Waals surface area contributed by atoms with Crippen LogP contribution >= 0.6 is 0 Å². The molecule has 5 heteroatoms. The molecule has 0 saturated carbocycles. The van der Waals surface area contributed by atoms with Crippen LogP contribution in [0, 0.1) is 0 Å². The first-order chi connectivity index (χ1) is 9.42. The Morgan fingerprint density at radius 2 is 2.05 bits per heavy atom. The number of amides is 1. The fourth-order valence-corrected chi connectivity index (χ4v) is 1.82. The lowest BCUT2D eigenvalue weighted by molar-refractivity contribution is -0.123. The van der Waals surface area contributed by atoms with Gasteiger partial charge >= 0.3 is 0 Å². The van der Waals surface area contributed by atoms with Gasteiger partial charge in [-0.05, 0) is 38.8 Å². The Balaban J connectivity index is 2.76. The monoisotopic (exact) mass is 280 g/mol. The molecule has 20 heavy (non-hydrogen) atoms. The molecule has 1 aromatic rings. The molecule has 112 valence electrons. The second kappa shape index (κ2) is 7.75. The van der Waals surface area contributed by atoms with Gasteiger partial charge in [-0.2, -0.15) is 0 Å². The number of hydrogen-bond donors (Lipinski definition) is 2. The predicted octanol–water partition coefficient (Wildman–Crippen LogP) is 1.49. The summed E-state index contributed by atoms with van der Waals surface area (Å²) in [6, 6.07) is 5.67. The van der Waals surface area contributed by atoms with Crippen molar-refractivity contribution in [1.82, 2.24) is 5.32 Å². The summed E-state index contributed by atoms with van der Waals surface area (Å²) in [6.07, 6.45) is 0.686. The van der Waals surface area contributed by atoms with Crippen molar-refractivity contribution in [2.45, 2.75) is 39.3 Å². The number of hydrogen-bond acceptors (Lipinski definition) is 4. The molecule has 0 aliphatic carbocycles. The summed E-state index contributed by atoms with van der Waals surface area (Å²) in [7, 11) is 1.59. The van der Waals surface area contributed by atoms with Gasteiger partial charge in [-0.25, -0.2) is 0 Å². The third-order valence-electron chi connectivity index (χ3n) is 2.62. The van der Waals surface area contributed by atoms with E-state index in [1.807, 2.05) is 32.9 Å². The summed E-state index contributed by atoms with van der Waals surface area (Å²) in [5, 5.41) is 2.78. The average molecular weight is 280 g/mol. The Kier molecular flexibility index (Phi) is 6.31. The van der Waals surface area contributed by atoms with Crippen LogP contribution < -0.4 is 20.5 Å². The molecule has 1 amide bonds. The number of nitrogens with one attached hydrogen (secondary N) is 1. The van der Waals surface area contributed by atoms with Gasteiger partial charge in [0, 0.05) is 18.2 Å². The van der Waals surface area contributed by atoms with Gasteiger partial charge in [0.1, 0.15) is 11.5 Å². The van der Waals surface area contributed by atoms with Crippen LogP contribution in [-0.2, 0) is 11.2 Å². The highest BCUT2D eigenvalue weighted by Gasteiger charge is 2.10. The molecule has 0 heterocycles. The van der Waals surface area contributed by atoms with Crippen molar-refractivity contribution in [3.05, 3.63) is 23.8 Å². The van der Waals surface area contributed by atoms with E-state index >= 15 is 0 Å². The van der Waals surface area contributed by atoms with E-state index in [2.05, 4.69) is 5.32 Å². The molecule has 0 spiro atoms. The Morgan fingerprint density at radius 1 is 1.35 bits per heavy atom. The van der Waals surface area contributed by atoms with E-state index in [1.165, 1.54) is 0 Å². The van der Waals surface area contributed by atoms with Gasteiger partial charge in [-0.15, -0.1) is 0 Å². The van der Waals surface area contributed by atoms with Gasteiger partial charge in [-0.3, -0.25) is 4.79 Å². The first kappa shape index (κ1) is 16.3. The Labute approximate surface area is 120 Å². The second-order valence-corrected chi connectivity index (χ2v) is 5.17. The van der Waals surface area contributed by atoms with E-state index < -0.39 is 0 Å². The van der Waals surface area contributed by atoms with E-state index in [4.69, 9.17) is 15.2 Å². The van der Waals surface area contributed by atoms with E-state index in [0.29, 0.717) is 17.9 Å². The van der Waals surface area contributed by atoms with Crippen LogP contribution in [0.25, 0.3) is 0 Å². The minimum Gasteiger partial charge on any atom is -0.497 e. The summed E-state index contributed by atoms with van der Waals surface area (Å²) in [5.74, 6) is 1.19. The van der Waals surface area contributed by atoms with E-state index in [0.717, 1.165) is 5.56 Å². The van der Waals surface area contributed by atoms with Crippen molar-refractivity contribution < 1.29 is 14.3 Å². The molecule has 5 nitrogen and oxygen atoms in total. The standard InChI is InChI=1S/C15H24N2O3/c1-10(2)17-15(18)9-20-14-8-13(19-4)6-5-12(14)7-11(3)16/h5-6,8,10-11H,7,9,16H2,1-4H3,(H,17,18). The smallest absolute Gasteiger partial charge is 0.258 e. The predicted molar refractivity (Wildman–Crippen MR) is 79.1 cm³/mol. The fraction of sp³-hybridized carbons (Fsp3) is 0.533. The van der Waals surface area contributed by atoms with Crippen molar-refractivity contribution in [3.63, 3.8) is 0 Å². The third-order valence-corrected chi connectivity index (χ3v) is 2.62. The quantitative estimate of drug-likeness (QED) is 0.793. The molecule has 0 aromatic heterocycles. The first-order valence-electron chi connectivity index (χ1n) is 6.77. The molecule has 1 aromatic carbocycles. The van der Waals surface area contributed by atoms with E-state index in [-0.39, 0.29) is 24.6 Å². The third kappa shape index (κ3) is 5.48. The number of carbonyl (C=O) groups excluding carboxylic acids is 1. The molecule has 0 bridgehead atoms. The molecule has 1 atom stereocenters. The van der Waals surface area contributed by atoms with Crippen molar-refractivity contribution in [2.24, 2.45) is 5.73 Å². The van der Waals surface area contributed by atoms with Crippen molar-refractivity contribution in [2.75, 3.05) is 13.7 Å². The lowest BCUT2D eigenvalue weighted by Gasteiger charge is -2.15. The summed E-state index contributed by atoms with van der Waals surface area (Å²) >= 11 is 0. The van der Waals surface area contributed by atoms with Crippen molar-refractivity contribution in [1.29, 1.82) is 0 Å². The van der Waals surface area contributed by atoms with Crippen LogP contribution in [-0.4, -0.2) is 31.7 Å². The normalized spacial score (nSPS) is 12.1. The number of carbonyl (C=O) groups is 1. The summed E-state index contributed by atoms with van der Waals surface area (Å²) in [5.41, 5.74) is 6.79. The molecule has 1 unspecified atom stereocenters. The Hall–Kier alpha value is -1.75. The van der Waals surface area contributed by atoms with Gasteiger partial charge in [0.2, 0.25) is 0 Å². The molecule has 0 aliphatic rings. The van der Waals surface area contributed by atoms with Crippen LogP contribution in [0.2, 0.25) is 0 Å². The van der Waals surface area contributed by atoms with Gasteiger partial charge < -0.3 is 20.5 Å². The maximum atomic E-state index is 11.6. The van der Waals surface area contributed by atoms with Gasteiger partial charge in [0.05, 0.1) is 7.11 Å². The van der Waals surface area contributed by atoms with Crippen molar-refractivity contribution >= 4 is 5.91 Å². The highest BCUT2D eigenvalue weighted by atomic mass is 16.5. The molecular formula is C15H24N2O3. The molecule has 0 aliphatic heterocycles. The van der Waals surface area contributed by atoms with Crippen LogP contribution in [0.1, 0.15) is 26.3 Å². The van der Waals surface area contributed by atoms with E-state index in [9.17, 15) is 4.79 Å². The molecule has 0 radical (unpaired) electrons. The maximum Gasteiger partial charge on any atom is 0.258 e. The van der Waals surface area contributed by atoms with Crippen LogP contribution in [0.3, 0.4) is 0 Å². The number of benzene rings is 1. The van der Waals surface area contributed by atoms with Gasteiger partial charge in [-0.1, -0.05) is 6.07 Å². The lowest BCUT2D eigenvalue weighted by Crippen LogP contribution is -2.34. The second-order valence-electron chi connectivity index (χ2n) is 5.17. The van der Waals surface area contributed by atoms with Crippen LogP contribution in [0.4, 0.5) is 0 Å². The SMILES string of the molecule is COc1ccc(CC(C)N)c(OCC(=O)NC(C)C)c1. The summed E-state index contributed by atoms with van der Waals surface area (Å²) < 4.78 is 10.8. The highest BCUT2D eigenvalue weighted by Crippen LogP contribution is 2.25. The molecular weight excluding hydrogens is 256 g/mol. The van der Waals surface area contributed by atoms with Gasteiger partial charge in [0.25, 0.3) is 5.91 Å². The minimum absolute atomic E-state index is 0.0166. The zero-order chi connectivity index (χ0) is 15.1. The molecule has 1 rings (SSSR count). The summed E-state index contributed by atoms with van der Waals surface area (Å²) in [6.45, 7) is 5.73. The first-order valence-corrected chi connectivity index (χ1v) is 6.77. The zero-order valence-corrected chi connectivity index (χ0v) is 12.6. The number of rotatable bonds is 7. The number of methoxy groups -OCH3 is 1. The number of ether oxygens (including phenoxy) is 2. The average Bonchev–Trinajstić information content (AvgIpc) is 2.36. The van der Waals surface area contributed by atoms with Crippen LogP contribution in [0.5, 0.6) is 11.5 Å². The largest absolute Gasteiger partial charge is 0.497 e. The lowest BCUT2D eigenvalue weighted by atomic mass is 10.1. The van der Waals surface area contributed by atoms with Gasteiger partial charge in [0.15, 0.2) is 6.61 Å². The Morgan fingerprint density at radius 3 is 2.60 bits per heavy atom. The van der Waals surface area contributed by atoms with E-state index in [1.54, 1.807) is 13.2 Å². The zero-order valence-electron chi connectivity index (χ0n) is 12.6. The molecule has 0 saturated heterocycles. The summed E-state index contributed by atoms with van der Waals surface area (Å²) in [4.78, 5) is 11.6. The topological polar surface area (TPSA) is 73.6 Å². The minimum atomic E-state index is -0.144. The Bertz CT molecular complexity index is 445. The highest BCUT2D eigenvalue weighted by molar-refractivity contribution is 5.77. The van der Waals surface area contributed by atoms with Crippen LogP contribution in [0.15, 0.2) is 18.2 Å². The molecule has 3 N–H and O–H groups in total. The number of nitrogens with two attached hydrogens (primary N) is 1. The fourth-order valence-electron chi connectivity index (χ4n) is 1.82.